The number of ether oxygens (including phenoxy) is 2. The molecule has 1 aliphatic rings. The Morgan fingerprint density at radius 1 is 1.00 bits per heavy atom. The van der Waals surface area contributed by atoms with Gasteiger partial charge >= 0.3 is 0 Å². The molecule has 0 aliphatic heterocycles. The van der Waals surface area contributed by atoms with Crippen LogP contribution in [0, 0.1) is 5.92 Å². The maximum Gasteiger partial charge on any atom is 0.172 e. The average Bonchev–Trinajstić information content (AvgIpc) is 2.41. The summed E-state index contributed by atoms with van der Waals surface area (Å²) in [5, 5.41) is 3.66. The Labute approximate surface area is 113 Å². The molecule has 0 amide bonds. The van der Waals surface area contributed by atoms with Crippen LogP contribution in [-0.2, 0) is 9.47 Å². The molecule has 1 saturated carbocycles. The molecule has 0 spiro atoms. The van der Waals surface area contributed by atoms with Gasteiger partial charge in [-0.1, -0.05) is 26.2 Å². The Hall–Kier alpha value is -0.120. The van der Waals surface area contributed by atoms with Gasteiger partial charge in [0.2, 0.25) is 0 Å². The molecule has 1 atom stereocenters. The lowest BCUT2D eigenvalue weighted by Gasteiger charge is -2.36. The van der Waals surface area contributed by atoms with E-state index in [0.29, 0.717) is 12.0 Å². The fourth-order valence-electron chi connectivity index (χ4n) is 2.87. The first-order valence-corrected chi connectivity index (χ1v) is 7.80. The molecular formula is C15H31NO2. The molecule has 18 heavy (non-hydrogen) atoms. The van der Waals surface area contributed by atoms with Crippen LogP contribution in [0.3, 0.4) is 0 Å². The fourth-order valence-corrected chi connectivity index (χ4v) is 2.87. The van der Waals surface area contributed by atoms with Gasteiger partial charge in [-0.2, -0.15) is 0 Å². The van der Waals surface area contributed by atoms with E-state index in [0.717, 1.165) is 26.2 Å². The first-order valence-electron chi connectivity index (χ1n) is 7.80. The quantitative estimate of drug-likeness (QED) is 0.643. The maximum atomic E-state index is 5.81. The molecule has 0 aromatic rings. The highest BCUT2D eigenvalue weighted by Crippen LogP contribution is 2.29. The predicted molar refractivity (Wildman–Crippen MR) is 75.7 cm³/mol. The summed E-state index contributed by atoms with van der Waals surface area (Å²) in [6, 6.07) is 0.366. The lowest BCUT2D eigenvalue weighted by molar-refractivity contribution is -0.164. The van der Waals surface area contributed by atoms with E-state index in [1.165, 1.54) is 32.1 Å². The third-order valence-corrected chi connectivity index (χ3v) is 3.74. The average molecular weight is 257 g/mol. The summed E-state index contributed by atoms with van der Waals surface area (Å²) in [6.45, 7) is 8.80. The number of hydrogen-bond donors (Lipinski definition) is 1. The highest BCUT2D eigenvalue weighted by atomic mass is 16.7. The van der Waals surface area contributed by atoms with Crippen LogP contribution in [0.5, 0.6) is 0 Å². The molecular weight excluding hydrogens is 226 g/mol. The van der Waals surface area contributed by atoms with Crippen LogP contribution in [0.15, 0.2) is 0 Å². The second-order valence-corrected chi connectivity index (χ2v) is 5.16. The van der Waals surface area contributed by atoms with E-state index in [1.54, 1.807) is 0 Å². The van der Waals surface area contributed by atoms with E-state index >= 15 is 0 Å². The largest absolute Gasteiger partial charge is 0.351 e. The monoisotopic (exact) mass is 257 g/mol. The number of hydrogen-bond acceptors (Lipinski definition) is 3. The van der Waals surface area contributed by atoms with Gasteiger partial charge in [-0.25, -0.2) is 0 Å². The van der Waals surface area contributed by atoms with E-state index in [1.807, 2.05) is 13.8 Å². The highest BCUT2D eigenvalue weighted by Gasteiger charge is 2.30. The summed E-state index contributed by atoms with van der Waals surface area (Å²) in [5.41, 5.74) is 0. The van der Waals surface area contributed by atoms with Crippen molar-refractivity contribution in [2.24, 2.45) is 5.92 Å². The predicted octanol–water partition coefficient (Wildman–Crippen LogP) is 3.33. The van der Waals surface area contributed by atoms with Crippen LogP contribution in [0.1, 0.15) is 59.3 Å². The fraction of sp³-hybridized carbons (Fsp3) is 1.00. The van der Waals surface area contributed by atoms with Crippen LogP contribution >= 0.6 is 0 Å². The first-order chi connectivity index (χ1) is 8.83. The second kappa shape index (κ2) is 9.76. The van der Waals surface area contributed by atoms with Crippen molar-refractivity contribution < 1.29 is 9.47 Å². The maximum absolute atomic E-state index is 5.81. The molecule has 1 fully saturated rings. The highest BCUT2D eigenvalue weighted by molar-refractivity contribution is 4.82. The molecule has 1 unspecified atom stereocenters. The molecule has 0 heterocycles. The molecule has 0 bridgehead atoms. The summed E-state index contributed by atoms with van der Waals surface area (Å²) in [6.07, 6.45) is 7.84. The molecule has 1 rings (SSSR count). The number of nitrogens with one attached hydrogen (secondary N) is 1. The van der Waals surface area contributed by atoms with Crippen molar-refractivity contribution >= 4 is 0 Å². The van der Waals surface area contributed by atoms with E-state index in [9.17, 15) is 0 Å². The van der Waals surface area contributed by atoms with E-state index in [4.69, 9.17) is 9.47 Å². The van der Waals surface area contributed by atoms with Crippen LogP contribution in [-0.4, -0.2) is 32.1 Å². The second-order valence-electron chi connectivity index (χ2n) is 5.16. The zero-order valence-corrected chi connectivity index (χ0v) is 12.4. The van der Waals surface area contributed by atoms with Crippen LogP contribution in [0.25, 0.3) is 0 Å². The van der Waals surface area contributed by atoms with Crippen molar-refractivity contribution in [3.63, 3.8) is 0 Å². The minimum atomic E-state index is -0.0744. The van der Waals surface area contributed by atoms with Crippen LogP contribution in [0.2, 0.25) is 0 Å². The summed E-state index contributed by atoms with van der Waals surface area (Å²) < 4.78 is 11.6. The standard InChI is InChI=1S/C15H31NO2/c1-4-12-16-14(13-10-8-7-9-11-13)15(17-5-2)18-6-3/h13-16H,4-12H2,1-3H3. The Kier molecular flexibility index (Phi) is 8.64. The molecule has 3 nitrogen and oxygen atoms in total. The lowest BCUT2D eigenvalue weighted by Crippen LogP contribution is -2.48. The van der Waals surface area contributed by atoms with Crippen molar-refractivity contribution in [3.8, 4) is 0 Å². The third kappa shape index (κ3) is 5.25. The smallest absolute Gasteiger partial charge is 0.172 e. The van der Waals surface area contributed by atoms with E-state index < -0.39 is 0 Å². The molecule has 0 aromatic heterocycles. The first kappa shape index (κ1) is 15.9. The topological polar surface area (TPSA) is 30.5 Å². The van der Waals surface area contributed by atoms with E-state index in [-0.39, 0.29) is 6.29 Å². The van der Waals surface area contributed by atoms with Gasteiger partial charge in [0.15, 0.2) is 6.29 Å². The van der Waals surface area contributed by atoms with Gasteiger partial charge in [-0.3, -0.25) is 0 Å². The molecule has 0 radical (unpaired) electrons. The van der Waals surface area contributed by atoms with Gasteiger partial charge in [-0.15, -0.1) is 0 Å². The van der Waals surface area contributed by atoms with Crippen molar-refractivity contribution in [2.45, 2.75) is 71.6 Å². The summed E-state index contributed by atoms with van der Waals surface area (Å²) in [5.74, 6) is 0.716. The molecule has 1 aliphatic carbocycles. The summed E-state index contributed by atoms with van der Waals surface area (Å²) >= 11 is 0. The summed E-state index contributed by atoms with van der Waals surface area (Å²) in [7, 11) is 0. The Morgan fingerprint density at radius 3 is 2.11 bits per heavy atom. The molecule has 0 saturated heterocycles. The Bertz CT molecular complexity index is 187. The molecule has 3 heteroatoms. The minimum Gasteiger partial charge on any atom is -0.351 e. The van der Waals surface area contributed by atoms with Gasteiger partial charge in [0, 0.05) is 13.2 Å². The Morgan fingerprint density at radius 2 is 1.61 bits per heavy atom. The SMILES string of the molecule is CCCNC(C1CCCCC1)C(OCC)OCC. The number of rotatable bonds is 9. The Balaban J connectivity index is 2.59. The molecule has 1 N–H and O–H groups in total. The van der Waals surface area contributed by atoms with Gasteiger partial charge in [0.05, 0.1) is 6.04 Å². The van der Waals surface area contributed by atoms with Crippen LogP contribution in [0.4, 0.5) is 0 Å². The van der Waals surface area contributed by atoms with Crippen molar-refractivity contribution in [3.05, 3.63) is 0 Å². The zero-order chi connectivity index (χ0) is 13.2. The van der Waals surface area contributed by atoms with Gasteiger partial charge in [0.1, 0.15) is 0 Å². The minimum absolute atomic E-state index is 0.0744. The summed E-state index contributed by atoms with van der Waals surface area (Å²) in [4.78, 5) is 0. The van der Waals surface area contributed by atoms with E-state index in [2.05, 4.69) is 12.2 Å². The molecule has 108 valence electrons. The van der Waals surface area contributed by atoms with Crippen molar-refractivity contribution in [2.75, 3.05) is 19.8 Å². The van der Waals surface area contributed by atoms with Crippen LogP contribution < -0.4 is 5.32 Å². The van der Waals surface area contributed by atoms with Gasteiger partial charge in [-0.05, 0) is 45.6 Å². The van der Waals surface area contributed by atoms with Gasteiger partial charge in [0.25, 0.3) is 0 Å². The zero-order valence-electron chi connectivity index (χ0n) is 12.4. The molecule has 0 aromatic carbocycles. The third-order valence-electron chi connectivity index (χ3n) is 3.74. The lowest BCUT2D eigenvalue weighted by atomic mass is 9.83. The van der Waals surface area contributed by atoms with Gasteiger partial charge < -0.3 is 14.8 Å². The normalized spacial score (nSPS) is 19.3. The van der Waals surface area contributed by atoms with Crippen molar-refractivity contribution in [1.82, 2.24) is 5.32 Å². The van der Waals surface area contributed by atoms with Crippen molar-refractivity contribution in [1.29, 1.82) is 0 Å².